The van der Waals surface area contributed by atoms with Crippen molar-refractivity contribution in [1.82, 2.24) is 0 Å². The SMILES string of the molecule is O=C(O)CC1(c2cc(F)c(Cl)c(F)c2)CC1. The van der Waals surface area contributed by atoms with Gasteiger partial charge in [-0.3, -0.25) is 4.79 Å². The van der Waals surface area contributed by atoms with Crippen LogP contribution in [0.3, 0.4) is 0 Å². The number of rotatable bonds is 3. The van der Waals surface area contributed by atoms with Crippen LogP contribution in [0.15, 0.2) is 12.1 Å². The number of aliphatic carboxylic acids is 1. The Bertz CT molecular complexity index is 432. The Morgan fingerprint density at radius 3 is 2.25 bits per heavy atom. The number of carbonyl (C=O) groups is 1. The normalized spacial score (nSPS) is 17.2. The maximum absolute atomic E-state index is 13.2. The number of halogens is 3. The molecule has 0 atom stereocenters. The van der Waals surface area contributed by atoms with E-state index in [0.717, 1.165) is 12.1 Å². The molecule has 1 aromatic rings. The fraction of sp³-hybridized carbons (Fsp3) is 0.364. The highest BCUT2D eigenvalue weighted by molar-refractivity contribution is 6.30. The van der Waals surface area contributed by atoms with E-state index in [1.54, 1.807) is 0 Å². The van der Waals surface area contributed by atoms with Crippen molar-refractivity contribution in [3.8, 4) is 0 Å². The molecule has 1 fully saturated rings. The molecule has 0 bridgehead atoms. The molecule has 1 aliphatic carbocycles. The lowest BCUT2D eigenvalue weighted by molar-refractivity contribution is -0.137. The number of carboxylic acids is 1. The van der Waals surface area contributed by atoms with Crippen LogP contribution in [0, 0.1) is 11.6 Å². The van der Waals surface area contributed by atoms with Crippen LogP contribution < -0.4 is 0 Å². The van der Waals surface area contributed by atoms with Gasteiger partial charge in [0.25, 0.3) is 0 Å². The van der Waals surface area contributed by atoms with Gasteiger partial charge < -0.3 is 5.11 Å². The Hall–Kier alpha value is -1.16. The van der Waals surface area contributed by atoms with E-state index in [-0.39, 0.29) is 6.42 Å². The molecular formula is C11H9ClF2O2. The van der Waals surface area contributed by atoms with Crippen molar-refractivity contribution in [3.63, 3.8) is 0 Å². The van der Waals surface area contributed by atoms with E-state index in [1.807, 2.05) is 0 Å². The molecule has 0 aliphatic heterocycles. The van der Waals surface area contributed by atoms with Gasteiger partial charge >= 0.3 is 5.97 Å². The van der Waals surface area contributed by atoms with Gasteiger partial charge in [-0.05, 0) is 30.5 Å². The van der Waals surface area contributed by atoms with Gasteiger partial charge in [0.15, 0.2) is 0 Å². The van der Waals surface area contributed by atoms with E-state index in [1.165, 1.54) is 0 Å². The summed E-state index contributed by atoms with van der Waals surface area (Å²) in [5.74, 6) is -2.64. The maximum Gasteiger partial charge on any atom is 0.304 e. The highest BCUT2D eigenvalue weighted by atomic mass is 35.5. The van der Waals surface area contributed by atoms with E-state index >= 15 is 0 Å². The second-order valence-electron chi connectivity index (χ2n) is 4.10. The first-order chi connectivity index (χ1) is 7.44. The molecule has 0 unspecified atom stereocenters. The largest absolute Gasteiger partial charge is 0.481 e. The van der Waals surface area contributed by atoms with E-state index < -0.39 is 28.0 Å². The quantitative estimate of drug-likeness (QED) is 0.832. The van der Waals surface area contributed by atoms with Crippen molar-refractivity contribution < 1.29 is 18.7 Å². The lowest BCUT2D eigenvalue weighted by Gasteiger charge is -2.13. The molecule has 86 valence electrons. The Labute approximate surface area is 95.8 Å². The topological polar surface area (TPSA) is 37.3 Å². The first-order valence-corrected chi connectivity index (χ1v) is 5.19. The number of carboxylic acid groups (broad SMARTS) is 1. The van der Waals surface area contributed by atoms with Gasteiger partial charge in [0, 0.05) is 5.41 Å². The third-order valence-electron chi connectivity index (χ3n) is 2.94. The van der Waals surface area contributed by atoms with Gasteiger partial charge in [-0.2, -0.15) is 0 Å². The van der Waals surface area contributed by atoms with Gasteiger partial charge in [0.2, 0.25) is 0 Å². The van der Waals surface area contributed by atoms with Gasteiger partial charge in [-0.25, -0.2) is 8.78 Å². The molecule has 2 rings (SSSR count). The highest BCUT2D eigenvalue weighted by Gasteiger charge is 2.46. The van der Waals surface area contributed by atoms with Gasteiger partial charge in [-0.1, -0.05) is 11.6 Å². The van der Waals surface area contributed by atoms with E-state index in [2.05, 4.69) is 0 Å². The average molecular weight is 247 g/mol. The van der Waals surface area contributed by atoms with Crippen molar-refractivity contribution in [3.05, 3.63) is 34.4 Å². The first kappa shape index (κ1) is 11.3. The average Bonchev–Trinajstić information content (AvgIpc) is 2.93. The third kappa shape index (κ3) is 1.89. The summed E-state index contributed by atoms with van der Waals surface area (Å²) in [5, 5.41) is 8.18. The molecule has 0 aromatic heterocycles. The van der Waals surface area contributed by atoms with Crippen LogP contribution in [0.4, 0.5) is 8.78 Å². The van der Waals surface area contributed by atoms with Crippen molar-refractivity contribution in [2.75, 3.05) is 0 Å². The molecule has 2 nitrogen and oxygen atoms in total. The second-order valence-corrected chi connectivity index (χ2v) is 4.48. The van der Waals surface area contributed by atoms with E-state index in [4.69, 9.17) is 16.7 Å². The Morgan fingerprint density at radius 2 is 1.88 bits per heavy atom. The van der Waals surface area contributed by atoms with E-state index in [0.29, 0.717) is 18.4 Å². The summed E-state index contributed by atoms with van der Waals surface area (Å²) in [5.41, 5.74) is -0.215. The van der Waals surface area contributed by atoms with Crippen molar-refractivity contribution >= 4 is 17.6 Å². The predicted octanol–water partition coefficient (Wildman–Crippen LogP) is 3.12. The minimum Gasteiger partial charge on any atom is -0.481 e. The lowest BCUT2D eigenvalue weighted by atomic mass is 9.92. The summed E-state index contributed by atoms with van der Waals surface area (Å²) in [6, 6.07) is 2.25. The molecule has 1 aromatic carbocycles. The molecule has 5 heteroatoms. The summed E-state index contributed by atoms with van der Waals surface area (Å²) in [6.07, 6.45) is 1.17. The summed E-state index contributed by atoms with van der Waals surface area (Å²) in [6.45, 7) is 0. The first-order valence-electron chi connectivity index (χ1n) is 4.81. The summed E-state index contributed by atoms with van der Waals surface area (Å²) in [4.78, 5) is 10.7. The Kier molecular flexibility index (Phi) is 2.62. The van der Waals surface area contributed by atoms with Crippen LogP contribution in [-0.2, 0) is 10.2 Å². The van der Waals surface area contributed by atoms with Crippen LogP contribution in [0.1, 0.15) is 24.8 Å². The van der Waals surface area contributed by atoms with Crippen LogP contribution in [0.25, 0.3) is 0 Å². The summed E-state index contributed by atoms with van der Waals surface area (Å²) < 4.78 is 26.4. The fourth-order valence-electron chi connectivity index (χ4n) is 1.87. The molecular weight excluding hydrogens is 238 g/mol. The molecule has 1 N–H and O–H groups in total. The van der Waals surface area contributed by atoms with Gasteiger partial charge in [0.1, 0.15) is 16.7 Å². The molecule has 0 saturated heterocycles. The standard InChI is InChI=1S/C11H9ClF2O2/c12-10-7(13)3-6(4-8(10)14)11(1-2-11)5-9(15)16/h3-4H,1-2,5H2,(H,15,16). The molecule has 16 heavy (non-hydrogen) atoms. The molecule has 1 saturated carbocycles. The van der Waals surface area contributed by atoms with Crippen molar-refractivity contribution in [1.29, 1.82) is 0 Å². The molecule has 0 amide bonds. The second kappa shape index (κ2) is 3.70. The minimum atomic E-state index is -0.965. The molecule has 0 spiro atoms. The maximum atomic E-state index is 13.2. The van der Waals surface area contributed by atoms with Gasteiger partial charge in [0.05, 0.1) is 6.42 Å². The Morgan fingerprint density at radius 1 is 1.38 bits per heavy atom. The van der Waals surface area contributed by atoms with Crippen LogP contribution in [-0.4, -0.2) is 11.1 Å². The lowest BCUT2D eigenvalue weighted by Crippen LogP contribution is -2.13. The number of benzene rings is 1. The zero-order valence-corrected chi connectivity index (χ0v) is 9.02. The molecule has 1 aliphatic rings. The molecule has 0 heterocycles. The monoisotopic (exact) mass is 246 g/mol. The van der Waals surface area contributed by atoms with Crippen molar-refractivity contribution in [2.45, 2.75) is 24.7 Å². The zero-order valence-electron chi connectivity index (χ0n) is 8.27. The Balaban J connectivity index is 2.38. The van der Waals surface area contributed by atoms with Crippen LogP contribution in [0.5, 0.6) is 0 Å². The minimum absolute atomic E-state index is 0.104. The zero-order chi connectivity index (χ0) is 11.9. The van der Waals surface area contributed by atoms with Crippen LogP contribution >= 0.6 is 11.6 Å². The molecule has 0 radical (unpaired) electrons. The summed E-state index contributed by atoms with van der Waals surface area (Å²) >= 11 is 5.36. The predicted molar refractivity (Wildman–Crippen MR) is 54.5 cm³/mol. The smallest absolute Gasteiger partial charge is 0.304 e. The summed E-state index contributed by atoms with van der Waals surface area (Å²) in [7, 11) is 0. The van der Waals surface area contributed by atoms with Gasteiger partial charge in [-0.15, -0.1) is 0 Å². The third-order valence-corrected chi connectivity index (χ3v) is 3.30. The highest BCUT2D eigenvalue weighted by Crippen LogP contribution is 2.51. The fourth-order valence-corrected chi connectivity index (χ4v) is 1.98. The number of hydrogen-bond acceptors (Lipinski definition) is 1. The van der Waals surface area contributed by atoms with E-state index in [9.17, 15) is 13.6 Å². The number of hydrogen-bond donors (Lipinski definition) is 1. The van der Waals surface area contributed by atoms with Crippen LogP contribution in [0.2, 0.25) is 5.02 Å². The van der Waals surface area contributed by atoms with Crippen molar-refractivity contribution in [2.24, 2.45) is 0 Å².